The minimum Gasteiger partial charge on any atom is -0.487 e. The van der Waals surface area contributed by atoms with E-state index in [0.717, 1.165) is 0 Å². The lowest BCUT2D eigenvalue weighted by molar-refractivity contribution is -0.120. The number of rotatable bonds is 3. The first-order valence-electron chi connectivity index (χ1n) is 9.02. The predicted molar refractivity (Wildman–Crippen MR) is 112 cm³/mol. The summed E-state index contributed by atoms with van der Waals surface area (Å²) < 4.78 is 5.64. The lowest BCUT2D eigenvalue weighted by atomic mass is 10.2. The van der Waals surface area contributed by atoms with E-state index >= 15 is 0 Å². The summed E-state index contributed by atoms with van der Waals surface area (Å²) in [6.45, 7) is 1.63. The largest absolute Gasteiger partial charge is 0.487 e. The zero-order valence-corrected chi connectivity index (χ0v) is 17.8. The Morgan fingerprint density at radius 3 is 2.65 bits per heavy atom. The minimum absolute atomic E-state index is 0.115. The van der Waals surface area contributed by atoms with Gasteiger partial charge in [0, 0.05) is 37.3 Å². The van der Waals surface area contributed by atoms with Crippen molar-refractivity contribution in [2.24, 2.45) is 0 Å². The molecule has 1 atom stereocenters. The molecule has 0 spiro atoms. The summed E-state index contributed by atoms with van der Waals surface area (Å²) in [5.41, 5.74) is 0.827. The molecule has 31 heavy (non-hydrogen) atoms. The van der Waals surface area contributed by atoms with Gasteiger partial charge in [-0.1, -0.05) is 23.2 Å². The van der Waals surface area contributed by atoms with Gasteiger partial charge in [-0.15, -0.1) is 0 Å². The number of aromatic nitrogens is 5. The van der Waals surface area contributed by atoms with Gasteiger partial charge >= 0.3 is 0 Å². The van der Waals surface area contributed by atoms with Gasteiger partial charge in [0.1, 0.15) is 18.5 Å². The molecule has 3 aromatic rings. The Labute approximate surface area is 186 Å². The second kappa shape index (κ2) is 8.40. The SMILES string of the molecule is Cc1ncc(-c2nc(C(=O)N[C@H]3COc4cc(Cl)cnc4N(C)C3=O)ncc2Cl)cn1. The van der Waals surface area contributed by atoms with E-state index in [1.54, 1.807) is 25.4 Å². The molecule has 3 aromatic heterocycles. The Kier molecular flexibility index (Phi) is 5.66. The summed E-state index contributed by atoms with van der Waals surface area (Å²) in [4.78, 5) is 47.4. The van der Waals surface area contributed by atoms with Gasteiger partial charge in [0.25, 0.3) is 11.8 Å². The molecule has 0 saturated heterocycles. The van der Waals surface area contributed by atoms with Crippen LogP contribution in [0.3, 0.4) is 0 Å². The number of ether oxygens (including phenoxy) is 1. The lowest BCUT2D eigenvalue weighted by Gasteiger charge is -2.19. The molecule has 0 aromatic carbocycles. The third kappa shape index (κ3) is 4.25. The average Bonchev–Trinajstić information content (AvgIpc) is 2.86. The van der Waals surface area contributed by atoms with Crippen LogP contribution in [0.25, 0.3) is 11.3 Å². The van der Waals surface area contributed by atoms with Crippen LogP contribution in [-0.4, -0.2) is 56.4 Å². The fourth-order valence-corrected chi connectivity index (χ4v) is 3.22. The number of aryl methyl sites for hydroxylation is 1. The molecule has 0 radical (unpaired) electrons. The van der Waals surface area contributed by atoms with E-state index in [4.69, 9.17) is 27.9 Å². The zero-order chi connectivity index (χ0) is 22.1. The maximum atomic E-state index is 12.8. The van der Waals surface area contributed by atoms with Gasteiger partial charge < -0.3 is 10.1 Å². The number of halogens is 2. The number of carbonyl (C=O) groups is 2. The summed E-state index contributed by atoms with van der Waals surface area (Å²) in [5.74, 6) is -0.0284. The van der Waals surface area contributed by atoms with E-state index in [0.29, 0.717) is 33.7 Å². The number of anilines is 1. The molecule has 0 unspecified atom stereocenters. The first-order valence-corrected chi connectivity index (χ1v) is 9.77. The van der Waals surface area contributed by atoms with Crippen LogP contribution < -0.4 is 15.0 Å². The van der Waals surface area contributed by atoms with Gasteiger partial charge in [0.2, 0.25) is 5.82 Å². The maximum absolute atomic E-state index is 12.8. The van der Waals surface area contributed by atoms with Crippen LogP contribution in [0.5, 0.6) is 5.75 Å². The Morgan fingerprint density at radius 1 is 1.16 bits per heavy atom. The molecule has 2 amide bonds. The molecule has 12 heteroatoms. The van der Waals surface area contributed by atoms with E-state index in [1.807, 2.05) is 0 Å². The highest BCUT2D eigenvalue weighted by molar-refractivity contribution is 6.33. The fraction of sp³-hybridized carbons (Fsp3) is 0.211. The van der Waals surface area contributed by atoms with Crippen molar-refractivity contribution in [1.29, 1.82) is 0 Å². The van der Waals surface area contributed by atoms with Crippen molar-refractivity contribution < 1.29 is 14.3 Å². The smallest absolute Gasteiger partial charge is 0.289 e. The summed E-state index contributed by atoms with van der Waals surface area (Å²) >= 11 is 12.1. The third-order valence-electron chi connectivity index (χ3n) is 4.46. The minimum atomic E-state index is -0.990. The number of likely N-dealkylation sites (N-methyl/N-ethyl adjacent to an activating group) is 1. The molecular formula is C19H15Cl2N7O3. The van der Waals surface area contributed by atoms with Gasteiger partial charge in [-0.2, -0.15) is 0 Å². The number of hydrogen-bond donors (Lipinski definition) is 1. The molecule has 1 aliphatic heterocycles. The van der Waals surface area contributed by atoms with Gasteiger partial charge in [-0.05, 0) is 6.92 Å². The number of amides is 2. The summed E-state index contributed by atoms with van der Waals surface area (Å²) in [7, 11) is 1.53. The van der Waals surface area contributed by atoms with E-state index in [2.05, 4.69) is 30.2 Å². The zero-order valence-electron chi connectivity index (χ0n) is 16.3. The monoisotopic (exact) mass is 459 g/mol. The van der Waals surface area contributed by atoms with Crippen LogP contribution in [0, 0.1) is 6.92 Å². The fourth-order valence-electron chi connectivity index (χ4n) is 2.87. The number of hydrogen-bond acceptors (Lipinski definition) is 8. The van der Waals surface area contributed by atoms with Gasteiger partial charge in [-0.3, -0.25) is 14.5 Å². The normalized spacial score (nSPS) is 15.7. The third-order valence-corrected chi connectivity index (χ3v) is 4.94. The van der Waals surface area contributed by atoms with Crippen molar-refractivity contribution in [2.45, 2.75) is 13.0 Å². The maximum Gasteiger partial charge on any atom is 0.289 e. The quantitative estimate of drug-likeness (QED) is 0.631. The summed E-state index contributed by atoms with van der Waals surface area (Å²) in [6.07, 6.45) is 5.80. The highest BCUT2D eigenvalue weighted by atomic mass is 35.5. The van der Waals surface area contributed by atoms with Crippen molar-refractivity contribution >= 4 is 40.8 Å². The van der Waals surface area contributed by atoms with E-state index in [1.165, 1.54) is 24.3 Å². The van der Waals surface area contributed by atoms with Crippen molar-refractivity contribution in [3.63, 3.8) is 0 Å². The van der Waals surface area contributed by atoms with E-state index in [9.17, 15) is 9.59 Å². The Hall–Kier alpha value is -3.37. The van der Waals surface area contributed by atoms with Crippen molar-refractivity contribution in [1.82, 2.24) is 30.2 Å². The van der Waals surface area contributed by atoms with Gasteiger partial charge in [-0.25, -0.2) is 24.9 Å². The van der Waals surface area contributed by atoms with E-state index < -0.39 is 17.9 Å². The standard InChI is InChI=1S/C19H15Cl2N7O3/c1-9-22-4-10(5-23-9)15-12(21)7-24-16(27-15)18(29)26-13-8-31-14-3-11(20)6-25-17(14)28(2)19(13)30/h3-7,13H,8H2,1-2H3,(H,26,29)/t13-/m0/s1. The van der Waals surface area contributed by atoms with Crippen LogP contribution in [0.15, 0.2) is 30.9 Å². The van der Waals surface area contributed by atoms with Crippen LogP contribution in [-0.2, 0) is 4.79 Å². The van der Waals surface area contributed by atoms with Crippen molar-refractivity contribution in [2.75, 3.05) is 18.6 Å². The number of nitrogens with zero attached hydrogens (tertiary/aromatic N) is 6. The van der Waals surface area contributed by atoms with E-state index in [-0.39, 0.29) is 17.5 Å². The highest BCUT2D eigenvalue weighted by Crippen LogP contribution is 2.30. The Balaban J connectivity index is 1.56. The van der Waals surface area contributed by atoms with Crippen molar-refractivity contribution in [3.05, 3.63) is 52.5 Å². The molecule has 0 fully saturated rings. The van der Waals surface area contributed by atoms with Gasteiger partial charge in [0.05, 0.1) is 21.9 Å². The van der Waals surface area contributed by atoms with Gasteiger partial charge in [0.15, 0.2) is 11.6 Å². The summed E-state index contributed by atoms with van der Waals surface area (Å²) in [5, 5.41) is 3.19. The molecule has 4 heterocycles. The number of carbonyl (C=O) groups excluding carboxylic acids is 2. The molecule has 0 saturated carbocycles. The highest BCUT2D eigenvalue weighted by Gasteiger charge is 2.32. The molecule has 0 aliphatic carbocycles. The molecule has 10 nitrogen and oxygen atoms in total. The second-order valence-electron chi connectivity index (χ2n) is 6.62. The topological polar surface area (TPSA) is 123 Å². The molecule has 1 N–H and O–H groups in total. The van der Waals surface area contributed by atoms with Crippen LogP contribution in [0.4, 0.5) is 5.82 Å². The molecule has 158 valence electrons. The first-order chi connectivity index (χ1) is 14.8. The molecule has 0 bridgehead atoms. The second-order valence-corrected chi connectivity index (χ2v) is 7.46. The van der Waals surface area contributed by atoms with Crippen LogP contribution in [0.2, 0.25) is 10.0 Å². The number of pyridine rings is 1. The molecule has 4 rings (SSSR count). The first kappa shape index (κ1) is 20.9. The number of fused-ring (bicyclic) bond motifs is 1. The molecule has 1 aliphatic rings. The number of nitrogens with one attached hydrogen (secondary N) is 1. The lowest BCUT2D eigenvalue weighted by Crippen LogP contribution is -2.49. The van der Waals surface area contributed by atoms with Crippen LogP contribution >= 0.6 is 23.2 Å². The van der Waals surface area contributed by atoms with Crippen LogP contribution in [0.1, 0.15) is 16.4 Å². The average molecular weight is 460 g/mol. The molecular weight excluding hydrogens is 445 g/mol. The predicted octanol–water partition coefficient (Wildman–Crippen LogP) is 2.10. The van der Waals surface area contributed by atoms with Crippen molar-refractivity contribution in [3.8, 4) is 17.0 Å². The Morgan fingerprint density at radius 2 is 1.90 bits per heavy atom. The summed E-state index contributed by atoms with van der Waals surface area (Å²) in [6, 6.07) is 0.562. The Bertz CT molecular complexity index is 1170.